The van der Waals surface area contributed by atoms with Crippen LogP contribution in [0.5, 0.6) is 0 Å². The van der Waals surface area contributed by atoms with Crippen LogP contribution in [0.3, 0.4) is 0 Å². The average Bonchev–Trinajstić information content (AvgIpc) is 2.82. The summed E-state index contributed by atoms with van der Waals surface area (Å²) in [5.74, 6) is -0.977. The van der Waals surface area contributed by atoms with Crippen LogP contribution in [-0.2, 0) is 17.5 Å². The van der Waals surface area contributed by atoms with E-state index >= 15 is 0 Å². The molecule has 33 heavy (non-hydrogen) atoms. The summed E-state index contributed by atoms with van der Waals surface area (Å²) in [5.41, 5.74) is -0.807. The lowest BCUT2D eigenvalue weighted by atomic mass is 10.0. The molecule has 0 saturated carbocycles. The number of hydrogen-bond acceptors (Lipinski definition) is 5. The van der Waals surface area contributed by atoms with Gasteiger partial charge >= 0.3 is 6.18 Å². The number of nitrogens with one attached hydrogen (secondary N) is 1. The predicted molar refractivity (Wildman–Crippen MR) is 113 cm³/mol. The van der Waals surface area contributed by atoms with Crippen molar-refractivity contribution in [1.82, 2.24) is 15.3 Å². The number of carbonyl (C=O) groups excluding carboxylic acids is 1. The Balaban J connectivity index is 1.65. The van der Waals surface area contributed by atoms with Gasteiger partial charge in [-0.1, -0.05) is 30.3 Å². The minimum Gasteiger partial charge on any atom is -0.378 e. The Hall–Kier alpha value is -3.53. The van der Waals surface area contributed by atoms with Crippen LogP contribution >= 0.6 is 0 Å². The van der Waals surface area contributed by atoms with E-state index in [1.807, 2.05) is 4.90 Å². The molecule has 1 amide bonds. The Bertz CT molecular complexity index is 1150. The number of rotatable bonds is 5. The second-order valence-electron chi connectivity index (χ2n) is 7.35. The molecular formula is C23H20F4N4O2. The van der Waals surface area contributed by atoms with Gasteiger partial charge in [-0.3, -0.25) is 4.79 Å². The predicted octanol–water partition coefficient (Wildman–Crippen LogP) is 4.07. The van der Waals surface area contributed by atoms with E-state index in [1.165, 1.54) is 42.6 Å². The van der Waals surface area contributed by atoms with Gasteiger partial charge in [-0.05, 0) is 23.8 Å². The lowest BCUT2D eigenvalue weighted by Crippen LogP contribution is -2.37. The van der Waals surface area contributed by atoms with Gasteiger partial charge in [-0.25, -0.2) is 14.4 Å². The van der Waals surface area contributed by atoms with E-state index in [4.69, 9.17) is 4.74 Å². The zero-order valence-electron chi connectivity index (χ0n) is 17.4. The van der Waals surface area contributed by atoms with E-state index in [0.717, 1.165) is 6.07 Å². The SMILES string of the molecule is O=C(NCc1ccccc1C(F)(F)F)c1cnc(N2CCOCC2)nc1-c1ccccc1F. The number of aromatic nitrogens is 2. The molecule has 0 bridgehead atoms. The molecule has 1 N–H and O–H groups in total. The van der Waals surface area contributed by atoms with E-state index in [0.29, 0.717) is 32.3 Å². The molecule has 2 aromatic carbocycles. The summed E-state index contributed by atoms with van der Waals surface area (Å²) in [6.45, 7) is 1.68. The average molecular weight is 460 g/mol. The molecule has 1 saturated heterocycles. The molecule has 3 aromatic rings. The van der Waals surface area contributed by atoms with E-state index in [1.54, 1.807) is 6.07 Å². The van der Waals surface area contributed by atoms with E-state index in [2.05, 4.69) is 15.3 Å². The number of anilines is 1. The highest BCUT2D eigenvalue weighted by Crippen LogP contribution is 2.32. The Morgan fingerprint density at radius 3 is 2.48 bits per heavy atom. The maximum Gasteiger partial charge on any atom is 0.416 e. The first kappa shape index (κ1) is 22.7. The van der Waals surface area contributed by atoms with Crippen molar-refractivity contribution in [3.8, 4) is 11.3 Å². The summed E-state index contributed by atoms with van der Waals surface area (Å²) in [6.07, 6.45) is -3.28. The summed E-state index contributed by atoms with van der Waals surface area (Å²) in [5, 5.41) is 2.48. The monoisotopic (exact) mass is 460 g/mol. The van der Waals surface area contributed by atoms with Gasteiger partial charge in [0.15, 0.2) is 0 Å². The number of amides is 1. The van der Waals surface area contributed by atoms with Crippen LogP contribution < -0.4 is 10.2 Å². The molecule has 0 spiro atoms. The van der Waals surface area contributed by atoms with E-state index in [9.17, 15) is 22.4 Å². The molecule has 2 heterocycles. The van der Waals surface area contributed by atoms with E-state index < -0.39 is 23.5 Å². The van der Waals surface area contributed by atoms with Crippen LogP contribution in [0.15, 0.2) is 54.7 Å². The number of nitrogens with zero attached hydrogens (tertiary/aromatic N) is 3. The van der Waals surface area contributed by atoms with Crippen LogP contribution in [0.2, 0.25) is 0 Å². The van der Waals surface area contributed by atoms with Crippen molar-refractivity contribution in [3.63, 3.8) is 0 Å². The number of alkyl halides is 3. The smallest absolute Gasteiger partial charge is 0.378 e. The van der Waals surface area contributed by atoms with Crippen molar-refractivity contribution in [3.05, 3.63) is 77.2 Å². The Morgan fingerprint density at radius 1 is 1.06 bits per heavy atom. The fraction of sp³-hybridized carbons (Fsp3) is 0.261. The molecule has 1 aromatic heterocycles. The fourth-order valence-corrected chi connectivity index (χ4v) is 3.53. The molecule has 0 atom stereocenters. The van der Waals surface area contributed by atoms with Crippen molar-refractivity contribution in [2.24, 2.45) is 0 Å². The summed E-state index contributed by atoms with van der Waals surface area (Å²) >= 11 is 0. The third-order valence-electron chi connectivity index (χ3n) is 5.21. The molecule has 4 rings (SSSR count). The first-order valence-electron chi connectivity index (χ1n) is 10.2. The summed E-state index contributed by atoms with van der Waals surface area (Å²) in [7, 11) is 0. The molecule has 0 aliphatic carbocycles. The molecule has 172 valence electrons. The zero-order valence-corrected chi connectivity index (χ0v) is 17.4. The molecule has 1 aliphatic rings. The van der Waals surface area contributed by atoms with Gasteiger partial charge in [-0.2, -0.15) is 13.2 Å². The quantitative estimate of drug-likeness (QED) is 0.582. The van der Waals surface area contributed by atoms with Crippen LogP contribution in [0, 0.1) is 5.82 Å². The number of ether oxygens (including phenoxy) is 1. The minimum absolute atomic E-state index is 0.0402. The first-order valence-corrected chi connectivity index (χ1v) is 10.2. The Morgan fingerprint density at radius 2 is 1.76 bits per heavy atom. The Labute approximate surface area is 187 Å². The van der Waals surface area contributed by atoms with Gasteiger partial charge < -0.3 is 15.0 Å². The topological polar surface area (TPSA) is 67.4 Å². The minimum atomic E-state index is -4.55. The largest absolute Gasteiger partial charge is 0.416 e. The van der Waals surface area contributed by atoms with Crippen molar-refractivity contribution in [1.29, 1.82) is 0 Å². The van der Waals surface area contributed by atoms with Crippen LogP contribution in [0.25, 0.3) is 11.3 Å². The maximum absolute atomic E-state index is 14.6. The van der Waals surface area contributed by atoms with Crippen molar-refractivity contribution in [2.45, 2.75) is 12.7 Å². The molecule has 6 nitrogen and oxygen atoms in total. The fourth-order valence-electron chi connectivity index (χ4n) is 3.53. The maximum atomic E-state index is 14.6. The highest BCUT2D eigenvalue weighted by molar-refractivity contribution is 5.99. The second kappa shape index (κ2) is 9.53. The van der Waals surface area contributed by atoms with Gasteiger partial charge in [-0.15, -0.1) is 0 Å². The van der Waals surface area contributed by atoms with Crippen molar-refractivity contribution in [2.75, 3.05) is 31.2 Å². The molecule has 1 aliphatic heterocycles. The number of morpholine rings is 1. The van der Waals surface area contributed by atoms with Crippen molar-refractivity contribution >= 4 is 11.9 Å². The second-order valence-corrected chi connectivity index (χ2v) is 7.35. The Kier molecular flexibility index (Phi) is 6.55. The van der Waals surface area contributed by atoms with E-state index in [-0.39, 0.29) is 28.9 Å². The highest BCUT2D eigenvalue weighted by atomic mass is 19.4. The zero-order chi connectivity index (χ0) is 23.4. The van der Waals surface area contributed by atoms with Crippen LogP contribution in [-0.4, -0.2) is 42.2 Å². The third-order valence-corrected chi connectivity index (χ3v) is 5.21. The normalized spacial score (nSPS) is 14.2. The third kappa shape index (κ3) is 5.11. The van der Waals surface area contributed by atoms with Crippen molar-refractivity contribution < 1.29 is 27.1 Å². The van der Waals surface area contributed by atoms with Gasteiger partial charge in [0.25, 0.3) is 5.91 Å². The molecule has 1 fully saturated rings. The van der Waals surface area contributed by atoms with Gasteiger partial charge in [0.05, 0.1) is 30.0 Å². The van der Waals surface area contributed by atoms with Gasteiger partial charge in [0.1, 0.15) is 5.82 Å². The number of halogens is 4. The lowest BCUT2D eigenvalue weighted by Gasteiger charge is -2.27. The lowest BCUT2D eigenvalue weighted by molar-refractivity contribution is -0.138. The summed E-state index contributed by atoms with van der Waals surface area (Å²) in [6, 6.07) is 10.8. The number of benzene rings is 2. The van der Waals surface area contributed by atoms with Gasteiger partial charge in [0.2, 0.25) is 5.95 Å². The first-order chi connectivity index (χ1) is 15.8. The molecule has 0 unspecified atom stereocenters. The molecule has 0 radical (unpaired) electrons. The summed E-state index contributed by atoms with van der Waals surface area (Å²) < 4.78 is 59.7. The molecule has 10 heteroatoms. The standard InChI is InChI=1S/C23H20F4N4O2/c24-19-8-4-2-6-16(19)20-17(14-29-22(30-20)31-9-11-33-12-10-31)21(32)28-13-15-5-1-3-7-18(15)23(25,26)27/h1-8,14H,9-13H2,(H,28,32). The van der Waals surface area contributed by atoms with Crippen LogP contribution in [0.1, 0.15) is 21.5 Å². The highest BCUT2D eigenvalue weighted by Gasteiger charge is 2.33. The molecular weight excluding hydrogens is 440 g/mol. The number of hydrogen-bond donors (Lipinski definition) is 1. The van der Waals surface area contributed by atoms with Gasteiger partial charge in [0, 0.05) is 31.4 Å². The number of carbonyl (C=O) groups is 1. The summed E-state index contributed by atoms with van der Waals surface area (Å²) in [4.78, 5) is 23.5. The van der Waals surface area contributed by atoms with Crippen LogP contribution in [0.4, 0.5) is 23.5 Å².